The number of thioether (sulfide) groups is 1. The zero-order chi connectivity index (χ0) is 20.1. The maximum absolute atomic E-state index is 12.2. The van der Waals surface area contributed by atoms with Crippen molar-refractivity contribution in [3.63, 3.8) is 0 Å². The van der Waals surface area contributed by atoms with Crippen molar-refractivity contribution in [3.8, 4) is 17.3 Å². The van der Waals surface area contributed by atoms with E-state index < -0.39 is 18.8 Å². The molecule has 8 nitrogen and oxygen atoms in total. The lowest BCUT2D eigenvalue weighted by atomic mass is 10.2. The monoisotopic (exact) mass is 410 g/mol. The van der Waals surface area contributed by atoms with Crippen molar-refractivity contribution in [3.05, 3.63) is 52.8 Å². The number of hydrogen-bond acceptors (Lipinski definition) is 8. The highest BCUT2D eigenvalue weighted by atomic mass is 32.2. The molecule has 0 radical (unpaired) electrons. The molecular formula is C16H13F3N6O2S. The number of rotatable bonds is 6. The number of alkyl halides is 3. The predicted octanol–water partition coefficient (Wildman–Crippen LogP) is 2.20. The van der Waals surface area contributed by atoms with Crippen LogP contribution in [0, 0.1) is 0 Å². The lowest BCUT2D eigenvalue weighted by Crippen LogP contribution is -2.23. The summed E-state index contributed by atoms with van der Waals surface area (Å²) in [6, 6.07) is 4.19. The van der Waals surface area contributed by atoms with E-state index in [2.05, 4.69) is 30.0 Å². The minimum absolute atomic E-state index is 0.113. The second-order valence-electron chi connectivity index (χ2n) is 5.46. The van der Waals surface area contributed by atoms with E-state index in [1.165, 1.54) is 41.0 Å². The quantitative estimate of drug-likeness (QED) is 0.571. The van der Waals surface area contributed by atoms with Gasteiger partial charge in [-0.2, -0.15) is 28.5 Å². The summed E-state index contributed by atoms with van der Waals surface area (Å²) >= 11 is 1.50. The number of nitrogens with zero attached hydrogens (tertiary/aromatic N) is 6. The van der Waals surface area contributed by atoms with Crippen LogP contribution in [-0.2, 0) is 6.54 Å². The summed E-state index contributed by atoms with van der Waals surface area (Å²) < 4.78 is 42.2. The van der Waals surface area contributed by atoms with Gasteiger partial charge in [0.05, 0.1) is 24.1 Å². The van der Waals surface area contributed by atoms with Crippen molar-refractivity contribution >= 4 is 11.8 Å². The molecule has 0 aliphatic rings. The Bertz CT molecular complexity index is 1010. The molecule has 3 aromatic heterocycles. The molecule has 0 unspecified atom stereocenters. The standard InChI is InChI=1S/C16H13F3N6O2S/c1-28-12-4-11(23-22-7-12)8-25-14(26)3-2-13(24-25)10-5-20-15(21-6-10)27-9-16(17,18)19/h2-7H,8-9H2,1H3. The smallest absolute Gasteiger partial charge is 0.422 e. The number of aromatic nitrogens is 6. The van der Waals surface area contributed by atoms with Crippen LogP contribution in [0.15, 0.2) is 46.5 Å². The Balaban J connectivity index is 1.79. The molecule has 0 aliphatic heterocycles. The Morgan fingerprint density at radius 2 is 1.93 bits per heavy atom. The highest BCUT2D eigenvalue weighted by molar-refractivity contribution is 7.98. The summed E-state index contributed by atoms with van der Waals surface area (Å²) in [7, 11) is 0. The van der Waals surface area contributed by atoms with Crippen molar-refractivity contribution in [1.29, 1.82) is 0 Å². The first-order valence-electron chi connectivity index (χ1n) is 7.80. The van der Waals surface area contributed by atoms with Crippen LogP contribution in [0.3, 0.4) is 0 Å². The van der Waals surface area contributed by atoms with Crippen molar-refractivity contribution in [1.82, 2.24) is 29.9 Å². The van der Waals surface area contributed by atoms with Crippen LogP contribution in [0.4, 0.5) is 13.2 Å². The van der Waals surface area contributed by atoms with Gasteiger partial charge in [0.25, 0.3) is 5.56 Å². The van der Waals surface area contributed by atoms with E-state index in [9.17, 15) is 18.0 Å². The summed E-state index contributed by atoms with van der Waals surface area (Å²) in [6.45, 7) is -1.37. The van der Waals surface area contributed by atoms with Gasteiger partial charge in [0.2, 0.25) is 0 Å². The number of ether oxygens (including phenoxy) is 1. The van der Waals surface area contributed by atoms with Crippen LogP contribution in [0.25, 0.3) is 11.3 Å². The maximum Gasteiger partial charge on any atom is 0.422 e. The Hall–Kier alpha value is -3.02. The van der Waals surface area contributed by atoms with E-state index >= 15 is 0 Å². The zero-order valence-electron chi connectivity index (χ0n) is 14.4. The second-order valence-corrected chi connectivity index (χ2v) is 6.34. The normalized spacial score (nSPS) is 11.4. The van der Waals surface area contributed by atoms with Gasteiger partial charge in [-0.15, -0.1) is 11.8 Å². The van der Waals surface area contributed by atoms with Crippen molar-refractivity contribution in [2.24, 2.45) is 0 Å². The van der Waals surface area contributed by atoms with Crippen molar-refractivity contribution < 1.29 is 17.9 Å². The van der Waals surface area contributed by atoms with E-state index in [-0.39, 0.29) is 12.1 Å². The van der Waals surface area contributed by atoms with E-state index in [1.807, 2.05) is 6.26 Å². The van der Waals surface area contributed by atoms with E-state index in [0.29, 0.717) is 17.0 Å². The zero-order valence-corrected chi connectivity index (χ0v) is 15.2. The molecule has 0 atom stereocenters. The Labute approximate surface area is 160 Å². The van der Waals surface area contributed by atoms with Gasteiger partial charge in [-0.1, -0.05) is 0 Å². The summed E-state index contributed by atoms with van der Waals surface area (Å²) in [6.07, 6.45) is 1.57. The number of hydrogen-bond donors (Lipinski definition) is 0. The fourth-order valence-corrected chi connectivity index (χ4v) is 2.52. The molecule has 146 valence electrons. The molecule has 28 heavy (non-hydrogen) atoms. The first-order chi connectivity index (χ1) is 13.3. The summed E-state index contributed by atoms with van der Waals surface area (Å²) in [5.41, 5.74) is 1.00. The molecule has 3 aromatic rings. The van der Waals surface area contributed by atoms with Gasteiger partial charge in [-0.3, -0.25) is 4.79 Å². The lowest BCUT2D eigenvalue weighted by molar-refractivity contribution is -0.154. The fraction of sp³-hybridized carbons (Fsp3) is 0.250. The third-order valence-corrected chi connectivity index (χ3v) is 4.08. The molecule has 0 N–H and O–H groups in total. The van der Waals surface area contributed by atoms with Gasteiger partial charge in [0.15, 0.2) is 6.61 Å². The van der Waals surface area contributed by atoms with Crippen LogP contribution in [-0.4, -0.2) is 49.0 Å². The molecule has 0 spiro atoms. The Morgan fingerprint density at radius 3 is 2.61 bits per heavy atom. The minimum atomic E-state index is -4.48. The van der Waals surface area contributed by atoms with Gasteiger partial charge < -0.3 is 4.74 Å². The average Bonchev–Trinajstić information content (AvgIpc) is 2.68. The number of halogens is 3. The summed E-state index contributed by atoms with van der Waals surface area (Å²) in [5.74, 6) is 0. The third kappa shape index (κ3) is 5.25. The Kier molecular flexibility index (Phi) is 5.87. The van der Waals surface area contributed by atoms with E-state index in [0.717, 1.165) is 4.90 Å². The topological polar surface area (TPSA) is 95.7 Å². The van der Waals surface area contributed by atoms with Gasteiger partial charge in [0, 0.05) is 28.9 Å². The van der Waals surface area contributed by atoms with Gasteiger partial charge in [0.1, 0.15) is 0 Å². The molecule has 0 amide bonds. The average molecular weight is 410 g/mol. The van der Waals surface area contributed by atoms with Crippen molar-refractivity contribution in [2.45, 2.75) is 17.6 Å². The Morgan fingerprint density at radius 1 is 1.18 bits per heavy atom. The third-order valence-electron chi connectivity index (χ3n) is 3.38. The predicted molar refractivity (Wildman–Crippen MR) is 94.0 cm³/mol. The van der Waals surface area contributed by atoms with Gasteiger partial charge in [-0.25, -0.2) is 14.6 Å². The first kappa shape index (κ1) is 19.7. The first-order valence-corrected chi connectivity index (χ1v) is 9.02. The molecule has 0 aliphatic carbocycles. The molecule has 0 saturated heterocycles. The van der Waals surface area contributed by atoms with Gasteiger partial charge in [-0.05, 0) is 18.4 Å². The van der Waals surface area contributed by atoms with Crippen LogP contribution < -0.4 is 10.3 Å². The van der Waals surface area contributed by atoms with Crippen LogP contribution in [0.1, 0.15) is 5.69 Å². The molecule has 0 fully saturated rings. The molecule has 0 aromatic carbocycles. The van der Waals surface area contributed by atoms with Crippen molar-refractivity contribution in [2.75, 3.05) is 12.9 Å². The lowest BCUT2D eigenvalue weighted by Gasteiger charge is -2.08. The van der Waals surface area contributed by atoms with Gasteiger partial charge >= 0.3 is 12.2 Å². The largest absolute Gasteiger partial charge is 0.454 e. The van der Waals surface area contributed by atoms with Crippen LogP contribution >= 0.6 is 11.8 Å². The van der Waals surface area contributed by atoms with E-state index in [1.54, 1.807) is 12.3 Å². The molecule has 0 saturated carbocycles. The minimum Gasteiger partial charge on any atom is -0.454 e. The highest BCUT2D eigenvalue weighted by Gasteiger charge is 2.28. The van der Waals surface area contributed by atoms with Crippen LogP contribution in [0.2, 0.25) is 0 Å². The molecule has 12 heteroatoms. The van der Waals surface area contributed by atoms with Crippen LogP contribution in [0.5, 0.6) is 6.01 Å². The molecular weight excluding hydrogens is 397 g/mol. The second kappa shape index (κ2) is 8.33. The molecule has 3 heterocycles. The molecule has 3 rings (SSSR count). The SMILES string of the molecule is CSc1cnnc(Cn2nc(-c3cnc(OCC(F)(F)F)nc3)ccc2=O)c1. The highest BCUT2D eigenvalue weighted by Crippen LogP contribution is 2.18. The molecule has 0 bridgehead atoms. The summed E-state index contributed by atoms with van der Waals surface area (Å²) in [5, 5.41) is 12.1. The van der Waals surface area contributed by atoms with E-state index in [4.69, 9.17) is 0 Å². The summed E-state index contributed by atoms with van der Waals surface area (Å²) in [4.78, 5) is 20.4. The maximum atomic E-state index is 12.2. The fourth-order valence-electron chi connectivity index (χ4n) is 2.12.